The van der Waals surface area contributed by atoms with Crippen molar-refractivity contribution in [3.8, 4) is 0 Å². The molecule has 0 amide bonds. The van der Waals surface area contributed by atoms with E-state index in [0.29, 0.717) is 12.0 Å². The lowest BCUT2D eigenvalue weighted by Crippen LogP contribution is -2.26. The molecule has 1 atom stereocenters. The van der Waals surface area contributed by atoms with Gasteiger partial charge in [-0.2, -0.15) is 4.98 Å². The van der Waals surface area contributed by atoms with Gasteiger partial charge in [-0.15, -0.1) is 0 Å². The molecule has 2 N–H and O–H groups in total. The summed E-state index contributed by atoms with van der Waals surface area (Å²) in [7, 11) is 0. The molecule has 92 valence electrons. The Balaban J connectivity index is 2.14. The molecular formula is C14H16N4. The van der Waals surface area contributed by atoms with Crippen LogP contribution in [0.5, 0.6) is 0 Å². The van der Waals surface area contributed by atoms with E-state index in [4.69, 9.17) is 5.73 Å². The smallest absolute Gasteiger partial charge is 0.221 e. The summed E-state index contributed by atoms with van der Waals surface area (Å²) in [6, 6.07) is 8.85. The van der Waals surface area contributed by atoms with Crippen LogP contribution in [0.15, 0.2) is 30.5 Å². The van der Waals surface area contributed by atoms with Gasteiger partial charge < -0.3 is 10.6 Å². The molecule has 1 aliphatic heterocycles. The highest BCUT2D eigenvalue weighted by Gasteiger charge is 2.28. The van der Waals surface area contributed by atoms with Crippen molar-refractivity contribution in [1.82, 2.24) is 9.97 Å². The number of nitrogens with zero attached hydrogens (tertiary/aromatic N) is 3. The monoisotopic (exact) mass is 240 g/mol. The van der Waals surface area contributed by atoms with E-state index in [9.17, 15) is 0 Å². The van der Waals surface area contributed by atoms with Gasteiger partial charge >= 0.3 is 0 Å². The van der Waals surface area contributed by atoms with Gasteiger partial charge in [0.15, 0.2) is 0 Å². The Kier molecular flexibility index (Phi) is 2.44. The highest BCUT2D eigenvalue weighted by molar-refractivity contribution is 5.70. The van der Waals surface area contributed by atoms with E-state index >= 15 is 0 Å². The molecule has 4 heteroatoms. The fourth-order valence-electron chi connectivity index (χ4n) is 2.58. The number of hydrogen-bond acceptors (Lipinski definition) is 4. The van der Waals surface area contributed by atoms with Gasteiger partial charge in [-0.25, -0.2) is 4.98 Å². The molecule has 3 rings (SSSR count). The van der Waals surface area contributed by atoms with Crippen molar-refractivity contribution in [2.45, 2.75) is 26.3 Å². The van der Waals surface area contributed by atoms with Crippen LogP contribution in [0, 0.1) is 6.92 Å². The van der Waals surface area contributed by atoms with Crippen molar-refractivity contribution in [3.05, 3.63) is 41.6 Å². The first kappa shape index (κ1) is 11.0. The van der Waals surface area contributed by atoms with Gasteiger partial charge in [0.05, 0.1) is 0 Å². The molecule has 4 nitrogen and oxygen atoms in total. The summed E-state index contributed by atoms with van der Waals surface area (Å²) >= 11 is 0. The van der Waals surface area contributed by atoms with Crippen LogP contribution in [0.25, 0.3) is 0 Å². The average Bonchev–Trinajstić information content (AvgIpc) is 2.68. The fourth-order valence-corrected chi connectivity index (χ4v) is 2.58. The van der Waals surface area contributed by atoms with Gasteiger partial charge in [-0.3, -0.25) is 0 Å². The second kappa shape index (κ2) is 3.98. The lowest BCUT2D eigenvalue weighted by Gasteiger charge is -2.25. The highest BCUT2D eigenvalue weighted by atomic mass is 15.3. The lowest BCUT2D eigenvalue weighted by molar-refractivity contribution is 0.747. The van der Waals surface area contributed by atoms with Crippen molar-refractivity contribution in [3.63, 3.8) is 0 Å². The maximum Gasteiger partial charge on any atom is 0.221 e. The van der Waals surface area contributed by atoms with Gasteiger partial charge in [0.25, 0.3) is 0 Å². The van der Waals surface area contributed by atoms with Crippen LogP contribution in [0.1, 0.15) is 18.1 Å². The zero-order valence-electron chi connectivity index (χ0n) is 10.6. The molecule has 0 saturated carbocycles. The van der Waals surface area contributed by atoms with E-state index in [1.807, 2.05) is 6.92 Å². The second-order valence-electron chi connectivity index (χ2n) is 4.79. The standard InChI is InChI=1S/C14H16N4/c1-9-8-16-14(15)17-13(9)18-10(2)7-11-5-3-4-6-12(11)18/h3-6,8,10H,7H2,1-2H3,(H2,15,16,17). The molecule has 1 aromatic carbocycles. The molecule has 0 bridgehead atoms. The van der Waals surface area contributed by atoms with Gasteiger partial charge in [0, 0.05) is 23.5 Å². The lowest BCUT2D eigenvalue weighted by atomic mass is 10.1. The zero-order chi connectivity index (χ0) is 12.7. The largest absolute Gasteiger partial charge is 0.368 e. The Morgan fingerprint density at radius 2 is 2.11 bits per heavy atom. The summed E-state index contributed by atoms with van der Waals surface area (Å²) < 4.78 is 0. The summed E-state index contributed by atoms with van der Waals surface area (Å²) in [5.41, 5.74) is 9.35. The minimum atomic E-state index is 0.326. The van der Waals surface area contributed by atoms with Crippen molar-refractivity contribution >= 4 is 17.5 Å². The minimum Gasteiger partial charge on any atom is -0.368 e. The predicted octanol–water partition coefficient (Wildman–Crippen LogP) is 2.45. The molecule has 0 fully saturated rings. The number of anilines is 3. The third-order valence-electron chi connectivity index (χ3n) is 3.40. The second-order valence-corrected chi connectivity index (χ2v) is 4.79. The van der Waals surface area contributed by atoms with Crippen LogP contribution in [0.4, 0.5) is 17.5 Å². The molecule has 1 aliphatic rings. The molecule has 1 unspecified atom stereocenters. The molecular weight excluding hydrogens is 224 g/mol. The first-order chi connectivity index (χ1) is 8.66. The molecule has 18 heavy (non-hydrogen) atoms. The first-order valence-electron chi connectivity index (χ1n) is 6.13. The van der Waals surface area contributed by atoms with E-state index in [2.05, 4.69) is 46.1 Å². The topological polar surface area (TPSA) is 55.0 Å². The van der Waals surface area contributed by atoms with Gasteiger partial charge in [-0.05, 0) is 31.9 Å². The van der Waals surface area contributed by atoms with Crippen LogP contribution < -0.4 is 10.6 Å². The Morgan fingerprint density at radius 3 is 2.94 bits per heavy atom. The van der Waals surface area contributed by atoms with E-state index in [1.54, 1.807) is 6.20 Å². The SMILES string of the molecule is Cc1cnc(N)nc1N1c2ccccc2CC1C. The number of nitrogens with two attached hydrogens (primary N) is 1. The number of fused-ring (bicyclic) bond motifs is 1. The Hall–Kier alpha value is -2.10. The summed E-state index contributed by atoms with van der Waals surface area (Å²) in [6.07, 6.45) is 2.82. The van der Waals surface area contributed by atoms with Gasteiger partial charge in [-0.1, -0.05) is 18.2 Å². The zero-order valence-corrected chi connectivity index (χ0v) is 10.6. The Morgan fingerprint density at radius 1 is 1.33 bits per heavy atom. The minimum absolute atomic E-state index is 0.326. The third kappa shape index (κ3) is 1.61. The molecule has 0 spiro atoms. The quantitative estimate of drug-likeness (QED) is 0.831. The van der Waals surface area contributed by atoms with Crippen molar-refractivity contribution in [2.24, 2.45) is 0 Å². The molecule has 0 saturated heterocycles. The number of aromatic nitrogens is 2. The first-order valence-corrected chi connectivity index (χ1v) is 6.13. The Labute approximate surface area is 106 Å². The van der Waals surface area contributed by atoms with Crippen LogP contribution in [-0.4, -0.2) is 16.0 Å². The van der Waals surface area contributed by atoms with Crippen molar-refractivity contribution in [2.75, 3.05) is 10.6 Å². The molecule has 1 aromatic heterocycles. The number of nitrogen functional groups attached to an aromatic ring is 1. The summed E-state index contributed by atoms with van der Waals surface area (Å²) in [6.45, 7) is 4.22. The van der Waals surface area contributed by atoms with Crippen LogP contribution >= 0.6 is 0 Å². The Bertz CT molecular complexity index is 594. The highest BCUT2D eigenvalue weighted by Crippen LogP contribution is 2.38. The van der Waals surface area contributed by atoms with Gasteiger partial charge in [0.2, 0.25) is 5.95 Å². The van der Waals surface area contributed by atoms with Crippen molar-refractivity contribution in [1.29, 1.82) is 0 Å². The summed E-state index contributed by atoms with van der Waals surface area (Å²) in [5, 5.41) is 0. The number of hydrogen-bond donors (Lipinski definition) is 1. The fraction of sp³-hybridized carbons (Fsp3) is 0.286. The van der Waals surface area contributed by atoms with E-state index in [0.717, 1.165) is 17.8 Å². The summed E-state index contributed by atoms with van der Waals surface area (Å²) in [4.78, 5) is 10.7. The number of benzene rings is 1. The average molecular weight is 240 g/mol. The van der Waals surface area contributed by atoms with Gasteiger partial charge in [0.1, 0.15) is 5.82 Å². The molecule has 0 aliphatic carbocycles. The van der Waals surface area contributed by atoms with E-state index < -0.39 is 0 Å². The van der Waals surface area contributed by atoms with E-state index in [-0.39, 0.29) is 0 Å². The van der Waals surface area contributed by atoms with Crippen molar-refractivity contribution < 1.29 is 0 Å². The van der Waals surface area contributed by atoms with Crippen LogP contribution in [-0.2, 0) is 6.42 Å². The summed E-state index contributed by atoms with van der Waals surface area (Å²) in [5.74, 6) is 1.24. The number of rotatable bonds is 1. The number of aryl methyl sites for hydroxylation is 1. The van der Waals surface area contributed by atoms with Crippen LogP contribution in [0.2, 0.25) is 0 Å². The maximum atomic E-state index is 5.71. The van der Waals surface area contributed by atoms with Crippen LogP contribution in [0.3, 0.4) is 0 Å². The molecule has 0 radical (unpaired) electrons. The molecule has 2 heterocycles. The maximum absolute atomic E-state index is 5.71. The normalized spacial score (nSPS) is 17.9. The third-order valence-corrected chi connectivity index (χ3v) is 3.40. The predicted molar refractivity (Wildman–Crippen MR) is 72.9 cm³/mol. The molecule has 2 aromatic rings. The number of para-hydroxylation sites is 1. The van der Waals surface area contributed by atoms with E-state index in [1.165, 1.54) is 11.3 Å².